The molecule has 0 saturated carbocycles. The number of hydrogen-bond acceptors (Lipinski definition) is 4. The topological polar surface area (TPSA) is 73.4 Å². The van der Waals surface area contributed by atoms with Crippen LogP contribution >= 0.6 is 0 Å². The first-order chi connectivity index (χ1) is 8.21. The van der Waals surface area contributed by atoms with Crippen molar-refractivity contribution in [2.45, 2.75) is 0 Å². The second kappa shape index (κ2) is 4.18. The molecule has 1 aliphatic rings. The van der Waals surface area contributed by atoms with Crippen molar-refractivity contribution in [3.63, 3.8) is 0 Å². The minimum atomic E-state index is -0.535. The molecule has 0 aliphatic carbocycles. The highest BCUT2D eigenvalue weighted by atomic mass is 16.5. The van der Waals surface area contributed by atoms with Crippen LogP contribution in [-0.2, 0) is 4.79 Å². The number of carbonyl (C=O) groups is 1. The molecule has 0 N–H and O–H groups in total. The Morgan fingerprint density at radius 2 is 1.88 bits per heavy atom. The van der Waals surface area contributed by atoms with E-state index >= 15 is 0 Å². The maximum Gasteiger partial charge on any atom is 0.288 e. The molecule has 0 atom stereocenters. The molecule has 17 heavy (non-hydrogen) atoms. The van der Waals surface area contributed by atoms with Gasteiger partial charge in [0.2, 0.25) is 0 Å². The molecule has 2 rings (SSSR count). The number of rotatable bonds is 2. The summed E-state index contributed by atoms with van der Waals surface area (Å²) >= 11 is 0. The molecule has 1 radical (unpaired) electrons. The van der Waals surface area contributed by atoms with Crippen LogP contribution in [0, 0.1) is 11.3 Å². The Bertz CT molecular complexity index is 641. The summed E-state index contributed by atoms with van der Waals surface area (Å²) in [6.45, 7) is 0. The molecule has 0 bridgehead atoms. The lowest BCUT2D eigenvalue weighted by molar-refractivity contribution is -0.114. The third kappa shape index (κ3) is 1.70. The highest BCUT2D eigenvalue weighted by Crippen LogP contribution is 2.22. The van der Waals surface area contributed by atoms with Gasteiger partial charge >= 0.3 is 0 Å². The molecule has 1 heterocycles. The van der Waals surface area contributed by atoms with E-state index in [1.807, 2.05) is 6.07 Å². The van der Waals surface area contributed by atoms with E-state index in [1.165, 1.54) is 20.4 Å². The number of nitrogens with zero attached hydrogens (tertiary/aromatic N) is 2. The zero-order chi connectivity index (χ0) is 12.4. The van der Waals surface area contributed by atoms with Crippen molar-refractivity contribution >= 4 is 17.7 Å². The molecule has 1 amide bonds. The summed E-state index contributed by atoms with van der Waals surface area (Å²) in [6.07, 6.45) is 1.42. The molecule has 0 saturated heterocycles. The lowest BCUT2D eigenvalue weighted by Gasteiger charge is -2.09. The summed E-state index contributed by atoms with van der Waals surface area (Å²) in [5, 5.41) is 13.8. The first kappa shape index (κ1) is 11.0. The standard InChI is InChI=1S/C12H9N2O3/c1-16-10-3-7-6-14-12(15)9(5-13)8(7)4-11(10)17-2/h3-4,6H,1-2H3. The molecule has 1 aromatic carbocycles. The largest absolute Gasteiger partial charge is 0.493 e. The molecule has 5 heteroatoms. The van der Waals surface area contributed by atoms with Crippen molar-refractivity contribution in [1.29, 1.82) is 5.26 Å². The minimum absolute atomic E-state index is 0.0171. The van der Waals surface area contributed by atoms with Crippen LogP contribution in [0.1, 0.15) is 0 Å². The van der Waals surface area contributed by atoms with E-state index in [2.05, 4.69) is 5.32 Å². The zero-order valence-electron chi connectivity index (χ0n) is 9.35. The highest BCUT2D eigenvalue weighted by molar-refractivity contribution is 6.20. The van der Waals surface area contributed by atoms with Crippen molar-refractivity contribution in [2.24, 2.45) is 0 Å². The van der Waals surface area contributed by atoms with E-state index in [-0.39, 0.29) is 5.57 Å². The monoisotopic (exact) mass is 229 g/mol. The predicted octanol–water partition coefficient (Wildman–Crippen LogP) is -0.739. The molecular weight excluding hydrogens is 220 g/mol. The van der Waals surface area contributed by atoms with Gasteiger partial charge in [0.05, 0.1) is 14.2 Å². The van der Waals surface area contributed by atoms with Crippen LogP contribution in [0.25, 0.3) is 11.8 Å². The van der Waals surface area contributed by atoms with Crippen LogP contribution in [0.5, 0.6) is 11.5 Å². The number of carbonyl (C=O) groups excluding carboxylic acids is 1. The quantitative estimate of drug-likeness (QED) is 0.669. The van der Waals surface area contributed by atoms with E-state index in [1.54, 1.807) is 12.1 Å². The molecule has 85 valence electrons. The Morgan fingerprint density at radius 3 is 2.47 bits per heavy atom. The van der Waals surface area contributed by atoms with Crippen LogP contribution in [-0.4, -0.2) is 20.1 Å². The average Bonchev–Trinajstić information content (AvgIpc) is 2.37. The molecule has 0 fully saturated rings. The zero-order valence-corrected chi connectivity index (χ0v) is 9.35. The third-order valence-electron chi connectivity index (χ3n) is 2.47. The van der Waals surface area contributed by atoms with Gasteiger partial charge in [-0.05, 0) is 12.1 Å². The first-order valence-electron chi connectivity index (χ1n) is 4.83. The summed E-state index contributed by atoms with van der Waals surface area (Å²) in [5.74, 6) is 0.471. The van der Waals surface area contributed by atoms with Crippen LogP contribution in [0.3, 0.4) is 0 Å². The second-order valence-electron chi connectivity index (χ2n) is 3.34. The Labute approximate surface area is 97.6 Å². The number of nitriles is 1. The van der Waals surface area contributed by atoms with Gasteiger partial charge in [0, 0.05) is 16.6 Å². The molecular formula is C12H9N2O3. The fourth-order valence-corrected chi connectivity index (χ4v) is 1.63. The summed E-state index contributed by atoms with van der Waals surface area (Å²) < 4.78 is 10.3. The van der Waals surface area contributed by atoms with Gasteiger partial charge in [-0.15, -0.1) is 0 Å². The van der Waals surface area contributed by atoms with E-state index < -0.39 is 5.91 Å². The Balaban J connectivity index is 2.87. The normalized spacial score (nSPS) is 13.0. The van der Waals surface area contributed by atoms with Gasteiger partial charge in [0.25, 0.3) is 5.91 Å². The van der Waals surface area contributed by atoms with E-state index in [4.69, 9.17) is 14.7 Å². The van der Waals surface area contributed by atoms with Crippen LogP contribution in [0.2, 0.25) is 0 Å². The predicted molar refractivity (Wildman–Crippen MR) is 59.4 cm³/mol. The Hall–Kier alpha value is -2.48. The number of benzene rings is 1. The van der Waals surface area contributed by atoms with Gasteiger partial charge < -0.3 is 9.47 Å². The van der Waals surface area contributed by atoms with Crippen molar-refractivity contribution < 1.29 is 14.3 Å². The number of hydrogen-bond donors (Lipinski definition) is 0. The van der Waals surface area contributed by atoms with Crippen molar-refractivity contribution in [3.05, 3.63) is 22.6 Å². The SMILES string of the molecule is COc1cc2c(cc1OC)=C(C#N)C(=O)[N]C=2. The van der Waals surface area contributed by atoms with Gasteiger partial charge in [0.1, 0.15) is 11.6 Å². The van der Waals surface area contributed by atoms with Gasteiger partial charge in [-0.2, -0.15) is 5.26 Å². The summed E-state index contributed by atoms with van der Waals surface area (Å²) in [7, 11) is 3.01. The van der Waals surface area contributed by atoms with Gasteiger partial charge in [-0.25, -0.2) is 5.32 Å². The number of fused-ring (bicyclic) bond motifs is 1. The highest BCUT2D eigenvalue weighted by Gasteiger charge is 2.16. The van der Waals surface area contributed by atoms with Crippen LogP contribution < -0.4 is 25.2 Å². The van der Waals surface area contributed by atoms with Crippen molar-refractivity contribution in [1.82, 2.24) is 5.32 Å². The first-order valence-corrected chi connectivity index (χ1v) is 4.83. The molecule has 0 unspecified atom stereocenters. The molecule has 1 aromatic rings. The fourth-order valence-electron chi connectivity index (χ4n) is 1.63. The number of ether oxygens (including phenoxy) is 2. The maximum atomic E-state index is 11.4. The lowest BCUT2D eigenvalue weighted by Crippen LogP contribution is -2.36. The summed E-state index contributed by atoms with van der Waals surface area (Å²) in [5.41, 5.74) is 0.0171. The van der Waals surface area contributed by atoms with E-state index in [0.29, 0.717) is 21.9 Å². The van der Waals surface area contributed by atoms with Crippen molar-refractivity contribution in [3.8, 4) is 17.6 Å². The molecule has 0 spiro atoms. The summed E-state index contributed by atoms with van der Waals surface area (Å²) in [4.78, 5) is 11.4. The summed E-state index contributed by atoms with van der Waals surface area (Å²) in [6, 6.07) is 5.14. The number of amides is 1. The van der Waals surface area contributed by atoms with Crippen LogP contribution in [0.4, 0.5) is 0 Å². The Morgan fingerprint density at radius 1 is 1.24 bits per heavy atom. The Kier molecular flexibility index (Phi) is 2.71. The van der Waals surface area contributed by atoms with Gasteiger partial charge in [-0.3, -0.25) is 4.79 Å². The molecule has 0 aromatic heterocycles. The van der Waals surface area contributed by atoms with E-state index in [0.717, 1.165) is 0 Å². The smallest absolute Gasteiger partial charge is 0.288 e. The fraction of sp³-hybridized carbons (Fsp3) is 0.167. The van der Waals surface area contributed by atoms with Crippen molar-refractivity contribution in [2.75, 3.05) is 14.2 Å². The molecule has 1 aliphatic heterocycles. The average molecular weight is 229 g/mol. The number of methoxy groups -OCH3 is 2. The van der Waals surface area contributed by atoms with Gasteiger partial charge in [0.15, 0.2) is 11.5 Å². The molecule has 5 nitrogen and oxygen atoms in total. The maximum absolute atomic E-state index is 11.4. The van der Waals surface area contributed by atoms with E-state index in [9.17, 15) is 4.79 Å². The second-order valence-corrected chi connectivity index (χ2v) is 3.34. The van der Waals surface area contributed by atoms with Gasteiger partial charge in [-0.1, -0.05) is 0 Å². The lowest BCUT2D eigenvalue weighted by atomic mass is 10.1. The minimum Gasteiger partial charge on any atom is -0.493 e. The third-order valence-corrected chi connectivity index (χ3v) is 2.47. The van der Waals surface area contributed by atoms with Crippen LogP contribution in [0.15, 0.2) is 12.1 Å².